The van der Waals surface area contributed by atoms with Gasteiger partial charge in [-0.3, -0.25) is 4.79 Å². The number of rotatable bonds is 7. The average molecular weight is 273 g/mol. The summed E-state index contributed by atoms with van der Waals surface area (Å²) in [4.78, 5) is 11.9. The Bertz CT molecular complexity index is 482. The van der Waals surface area contributed by atoms with Crippen LogP contribution in [0, 0.1) is 0 Å². The monoisotopic (exact) mass is 273 g/mol. The van der Waals surface area contributed by atoms with Crippen LogP contribution >= 0.6 is 0 Å². The SMILES string of the molecule is C=CCCOC(C)C(=O)NCc1ccc2c(c1)CCC2. The molecular formula is C17H23NO2. The first-order chi connectivity index (χ1) is 9.70. The average Bonchev–Trinajstić information content (AvgIpc) is 2.92. The number of nitrogens with one attached hydrogen (secondary N) is 1. The largest absolute Gasteiger partial charge is 0.368 e. The molecule has 108 valence electrons. The van der Waals surface area contributed by atoms with E-state index in [-0.39, 0.29) is 5.91 Å². The summed E-state index contributed by atoms with van der Waals surface area (Å²) >= 11 is 0. The molecule has 0 fully saturated rings. The highest BCUT2D eigenvalue weighted by molar-refractivity contribution is 5.80. The summed E-state index contributed by atoms with van der Waals surface area (Å²) in [6, 6.07) is 6.51. The molecule has 0 spiro atoms. The van der Waals surface area contributed by atoms with Gasteiger partial charge in [-0.2, -0.15) is 0 Å². The van der Waals surface area contributed by atoms with Gasteiger partial charge in [0.1, 0.15) is 6.10 Å². The van der Waals surface area contributed by atoms with Gasteiger partial charge in [-0.1, -0.05) is 24.3 Å². The third-order valence-electron chi connectivity index (χ3n) is 3.69. The number of ether oxygens (including phenoxy) is 1. The van der Waals surface area contributed by atoms with Crippen LogP contribution in [0.15, 0.2) is 30.9 Å². The fourth-order valence-corrected chi connectivity index (χ4v) is 2.47. The van der Waals surface area contributed by atoms with E-state index in [1.165, 1.54) is 24.0 Å². The molecule has 0 aromatic heterocycles. The van der Waals surface area contributed by atoms with E-state index in [2.05, 4.69) is 30.1 Å². The lowest BCUT2D eigenvalue weighted by atomic mass is 10.1. The Morgan fingerprint density at radius 3 is 3.05 bits per heavy atom. The standard InChI is InChI=1S/C17H23NO2/c1-3-4-10-20-13(2)17(19)18-12-14-8-9-15-6-5-7-16(15)11-14/h3,8-9,11,13H,1,4-7,10,12H2,2H3,(H,18,19). The predicted molar refractivity (Wildman–Crippen MR) is 80.5 cm³/mol. The maximum atomic E-state index is 11.9. The van der Waals surface area contributed by atoms with E-state index >= 15 is 0 Å². The number of hydrogen-bond acceptors (Lipinski definition) is 2. The molecule has 3 nitrogen and oxygen atoms in total. The molecule has 1 amide bonds. The predicted octanol–water partition coefficient (Wildman–Crippen LogP) is 2.77. The molecular weight excluding hydrogens is 250 g/mol. The summed E-state index contributed by atoms with van der Waals surface area (Å²) in [5.74, 6) is -0.0606. The topological polar surface area (TPSA) is 38.3 Å². The second-order valence-electron chi connectivity index (χ2n) is 5.26. The Hall–Kier alpha value is -1.61. The van der Waals surface area contributed by atoms with Crippen LogP contribution < -0.4 is 5.32 Å². The molecule has 1 aromatic rings. The molecule has 1 unspecified atom stereocenters. The summed E-state index contributed by atoms with van der Waals surface area (Å²) in [6.07, 6.45) is 5.75. The normalized spacial score (nSPS) is 14.7. The number of carbonyl (C=O) groups is 1. The van der Waals surface area contributed by atoms with Crippen LogP contribution in [0.25, 0.3) is 0 Å². The van der Waals surface area contributed by atoms with Gasteiger partial charge in [-0.05, 0) is 49.3 Å². The minimum absolute atomic E-state index is 0.0606. The molecule has 1 aliphatic rings. The van der Waals surface area contributed by atoms with Gasteiger partial charge in [0.15, 0.2) is 0 Å². The maximum Gasteiger partial charge on any atom is 0.249 e. The van der Waals surface area contributed by atoms with Crippen molar-refractivity contribution in [3.63, 3.8) is 0 Å². The van der Waals surface area contributed by atoms with Gasteiger partial charge in [0.2, 0.25) is 5.91 Å². The lowest BCUT2D eigenvalue weighted by Gasteiger charge is -2.13. The highest BCUT2D eigenvalue weighted by Crippen LogP contribution is 2.22. The molecule has 0 radical (unpaired) electrons. The van der Waals surface area contributed by atoms with Gasteiger partial charge in [-0.25, -0.2) is 0 Å². The lowest BCUT2D eigenvalue weighted by molar-refractivity contribution is -0.131. The quantitative estimate of drug-likeness (QED) is 0.613. The lowest BCUT2D eigenvalue weighted by Crippen LogP contribution is -2.34. The minimum atomic E-state index is -0.413. The van der Waals surface area contributed by atoms with E-state index in [9.17, 15) is 4.79 Å². The fraction of sp³-hybridized carbons (Fsp3) is 0.471. The zero-order chi connectivity index (χ0) is 14.4. The van der Waals surface area contributed by atoms with E-state index in [0.717, 1.165) is 18.4 Å². The first-order valence-corrected chi connectivity index (χ1v) is 7.31. The summed E-state index contributed by atoms with van der Waals surface area (Å²) < 4.78 is 5.42. The molecule has 1 aliphatic carbocycles. The van der Waals surface area contributed by atoms with Crippen molar-refractivity contribution in [1.82, 2.24) is 5.32 Å². The molecule has 1 aromatic carbocycles. The van der Waals surface area contributed by atoms with Gasteiger partial charge in [0, 0.05) is 6.54 Å². The van der Waals surface area contributed by atoms with Gasteiger partial charge < -0.3 is 10.1 Å². The Morgan fingerprint density at radius 2 is 2.25 bits per heavy atom. The first kappa shape index (κ1) is 14.8. The zero-order valence-corrected chi connectivity index (χ0v) is 12.2. The third-order valence-corrected chi connectivity index (χ3v) is 3.69. The molecule has 0 aliphatic heterocycles. The van der Waals surface area contributed by atoms with Crippen molar-refractivity contribution in [3.05, 3.63) is 47.5 Å². The Morgan fingerprint density at radius 1 is 1.45 bits per heavy atom. The van der Waals surface area contributed by atoms with Crippen LogP contribution in [0.3, 0.4) is 0 Å². The summed E-state index contributed by atoms with van der Waals surface area (Å²) in [6.45, 7) is 6.51. The number of carbonyl (C=O) groups excluding carboxylic acids is 1. The number of fused-ring (bicyclic) bond motifs is 1. The van der Waals surface area contributed by atoms with E-state index in [1.54, 1.807) is 13.0 Å². The van der Waals surface area contributed by atoms with Crippen LogP contribution in [0.1, 0.15) is 36.5 Å². The summed E-state index contributed by atoms with van der Waals surface area (Å²) in [5.41, 5.74) is 4.06. The minimum Gasteiger partial charge on any atom is -0.368 e. The number of aryl methyl sites for hydroxylation is 2. The molecule has 3 heteroatoms. The highest BCUT2D eigenvalue weighted by Gasteiger charge is 2.14. The van der Waals surface area contributed by atoms with Crippen molar-refractivity contribution in [2.45, 2.75) is 45.3 Å². The van der Waals surface area contributed by atoms with E-state index in [4.69, 9.17) is 4.74 Å². The molecule has 0 saturated carbocycles. The molecule has 2 rings (SSSR count). The number of amides is 1. The summed E-state index contributed by atoms with van der Waals surface area (Å²) in [5, 5.41) is 2.93. The van der Waals surface area contributed by atoms with Crippen molar-refractivity contribution in [3.8, 4) is 0 Å². The van der Waals surface area contributed by atoms with Crippen molar-refractivity contribution >= 4 is 5.91 Å². The molecule has 1 atom stereocenters. The van der Waals surface area contributed by atoms with Crippen LogP contribution in [-0.2, 0) is 28.9 Å². The number of hydrogen-bond donors (Lipinski definition) is 1. The van der Waals surface area contributed by atoms with E-state index in [1.807, 2.05) is 0 Å². The van der Waals surface area contributed by atoms with Crippen molar-refractivity contribution in [1.29, 1.82) is 0 Å². The van der Waals surface area contributed by atoms with Gasteiger partial charge in [0.05, 0.1) is 6.61 Å². The van der Waals surface area contributed by atoms with Crippen molar-refractivity contribution < 1.29 is 9.53 Å². The van der Waals surface area contributed by atoms with Crippen LogP contribution in [0.2, 0.25) is 0 Å². The number of benzene rings is 1. The Labute approximate surface area is 121 Å². The molecule has 0 heterocycles. The van der Waals surface area contributed by atoms with Crippen molar-refractivity contribution in [2.75, 3.05) is 6.61 Å². The molecule has 0 bridgehead atoms. The third kappa shape index (κ3) is 3.94. The van der Waals surface area contributed by atoms with Gasteiger partial charge in [0.25, 0.3) is 0 Å². The Kier molecular flexibility index (Phi) is 5.36. The smallest absolute Gasteiger partial charge is 0.249 e. The second-order valence-corrected chi connectivity index (χ2v) is 5.26. The molecule has 0 saturated heterocycles. The van der Waals surface area contributed by atoms with Crippen LogP contribution in [-0.4, -0.2) is 18.6 Å². The maximum absolute atomic E-state index is 11.9. The molecule has 1 N–H and O–H groups in total. The summed E-state index contributed by atoms with van der Waals surface area (Å²) in [7, 11) is 0. The van der Waals surface area contributed by atoms with E-state index in [0.29, 0.717) is 13.2 Å². The molecule has 20 heavy (non-hydrogen) atoms. The van der Waals surface area contributed by atoms with Crippen molar-refractivity contribution in [2.24, 2.45) is 0 Å². The Balaban J connectivity index is 1.79. The highest BCUT2D eigenvalue weighted by atomic mass is 16.5. The first-order valence-electron chi connectivity index (χ1n) is 7.31. The second kappa shape index (κ2) is 7.25. The zero-order valence-electron chi connectivity index (χ0n) is 12.2. The van der Waals surface area contributed by atoms with Crippen LogP contribution in [0.4, 0.5) is 0 Å². The van der Waals surface area contributed by atoms with Gasteiger partial charge in [-0.15, -0.1) is 6.58 Å². The van der Waals surface area contributed by atoms with Crippen LogP contribution in [0.5, 0.6) is 0 Å². The van der Waals surface area contributed by atoms with E-state index < -0.39 is 6.10 Å². The van der Waals surface area contributed by atoms with Gasteiger partial charge >= 0.3 is 0 Å². The fourth-order valence-electron chi connectivity index (χ4n) is 2.47.